The van der Waals surface area contributed by atoms with Gasteiger partial charge in [0.25, 0.3) is 0 Å². The van der Waals surface area contributed by atoms with Crippen molar-refractivity contribution in [1.29, 1.82) is 0 Å². The number of sulfonamides is 1. The first-order chi connectivity index (χ1) is 8.49. The average molecular weight is 348 g/mol. The summed E-state index contributed by atoms with van der Waals surface area (Å²) in [5.74, 6) is -0.00244. The Morgan fingerprint density at radius 2 is 2.17 bits per heavy atom. The molecule has 0 radical (unpaired) electrons. The van der Waals surface area contributed by atoms with Crippen molar-refractivity contribution in [3.63, 3.8) is 0 Å². The molecule has 0 atom stereocenters. The highest BCUT2D eigenvalue weighted by molar-refractivity contribution is 9.11. The van der Waals surface area contributed by atoms with Crippen LogP contribution in [0.15, 0.2) is 39.1 Å². The quantitative estimate of drug-likeness (QED) is 0.885. The molecule has 2 rings (SSSR count). The largest absolute Gasteiger partial charge is 0.383 e. The van der Waals surface area contributed by atoms with E-state index >= 15 is 0 Å². The second-order valence-electron chi connectivity index (χ2n) is 3.42. The summed E-state index contributed by atoms with van der Waals surface area (Å²) in [6.45, 7) is 0.229. The summed E-state index contributed by atoms with van der Waals surface area (Å²) in [5, 5.41) is 0. The fourth-order valence-corrected chi connectivity index (χ4v) is 3.92. The minimum atomic E-state index is -3.63. The van der Waals surface area contributed by atoms with Gasteiger partial charge in [-0.25, -0.2) is 18.1 Å². The number of aromatic nitrogens is 1. The fraction of sp³-hybridized carbons (Fsp3) is 0.100. The monoisotopic (exact) mass is 347 g/mol. The topological polar surface area (TPSA) is 85.1 Å². The van der Waals surface area contributed by atoms with Gasteiger partial charge in [-0.3, -0.25) is 0 Å². The summed E-state index contributed by atoms with van der Waals surface area (Å²) in [7, 11) is -3.63. The highest BCUT2D eigenvalue weighted by Gasteiger charge is 2.17. The zero-order chi connectivity index (χ0) is 13.2. The zero-order valence-corrected chi connectivity index (χ0v) is 12.3. The molecule has 0 aliphatic carbocycles. The second-order valence-corrected chi connectivity index (χ2v) is 7.70. The predicted molar refractivity (Wildman–Crippen MR) is 74.7 cm³/mol. The van der Waals surface area contributed by atoms with E-state index in [0.717, 1.165) is 8.66 Å². The summed E-state index contributed by atoms with van der Waals surface area (Å²) in [6, 6.07) is 6.68. The van der Waals surface area contributed by atoms with E-state index in [1.54, 1.807) is 0 Å². The fourth-order valence-electron chi connectivity index (χ4n) is 1.32. The number of nitrogens with two attached hydrogens (primary N) is 1. The third-order valence-electron chi connectivity index (χ3n) is 2.15. The molecule has 2 heterocycles. The normalized spacial score (nSPS) is 11.6. The lowest BCUT2D eigenvalue weighted by Gasteiger charge is -2.06. The van der Waals surface area contributed by atoms with Gasteiger partial charge in [0.05, 0.1) is 3.79 Å². The molecule has 18 heavy (non-hydrogen) atoms. The van der Waals surface area contributed by atoms with Crippen molar-refractivity contribution < 1.29 is 8.42 Å². The molecule has 0 bridgehead atoms. The van der Waals surface area contributed by atoms with Crippen molar-refractivity contribution in [2.75, 3.05) is 5.73 Å². The summed E-state index contributed by atoms with van der Waals surface area (Å²) in [4.78, 5) is 4.67. The first-order valence-electron chi connectivity index (χ1n) is 4.93. The molecule has 2 aromatic heterocycles. The average Bonchev–Trinajstić information content (AvgIpc) is 2.73. The number of halogens is 1. The standard InChI is InChI=1S/C10H10BrN3O2S2/c11-9-4-3-7(17-9)6-14-18(15,16)8-2-1-5-13-10(8)12/h1-5,14H,6H2,(H2,12,13). The van der Waals surface area contributed by atoms with Crippen LogP contribution in [0.25, 0.3) is 0 Å². The lowest BCUT2D eigenvalue weighted by molar-refractivity contribution is 0.582. The highest BCUT2D eigenvalue weighted by atomic mass is 79.9. The smallest absolute Gasteiger partial charge is 0.244 e. The van der Waals surface area contributed by atoms with Gasteiger partial charge in [0.15, 0.2) is 0 Å². The molecule has 0 saturated heterocycles. The Balaban J connectivity index is 2.16. The molecule has 0 aliphatic rings. The Kier molecular flexibility index (Phi) is 4.00. The number of nitrogens with one attached hydrogen (secondary N) is 1. The molecule has 0 spiro atoms. The molecule has 2 aromatic rings. The van der Waals surface area contributed by atoms with E-state index < -0.39 is 10.0 Å². The van der Waals surface area contributed by atoms with E-state index in [1.807, 2.05) is 12.1 Å². The van der Waals surface area contributed by atoms with Crippen LogP contribution in [0.3, 0.4) is 0 Å². The van der Waals surface area contributed by atoms with E-state index in [2.05, 4.69) is 25.6 Å². The number of anilines is 1. The molecule has 0 aromatic carbocycles. The second kappa shape index (κ2) is 5.35. The van der Waals surface area contributed by atoms with Crippen molar-refractivity contribution in [1.82, 2.24) is 9.71 Å². The van der Waals surface area contributed by atoms with Crippen molar-refractivity contribution >= 4 is 43.1 Å². The van der Waals surface area contributed by atoms with Crippen LogP contribution < -0.4 is 10.5 Å². The minimum absolute atomic E-state index is 0.000576. The van der Waals surface area contributed by atoms with E-state index in [4.69, 9.17) is 5.73 Å². The predicted octanol–water partition coefficient (Wildman–Crippen LogP) is 1.97. The molecule has 96 valence electrons. The number of rotatable bonds is 4. The Hall–Kier alpha value is -0.960. The maximum atomic E-state index is 12.0. The lowest BCUT2D eigenvalue weighted by Crippen LogP contribution is -2.24. The molecule has 3 N–H and O–H groups in total. The number of nitrogens with zero attached hydrogens (tertiary/aromatic N) is 1. The van der Waals surface area contributed by atoms with Crippen LogP contribution in [0.2, 0.25) is 0 Å². The first kappa shape index (κ1) is 13.5. The van der Waals surface area contributed by atoms with Crippen molar-refractivity contribution in [3.8, 4) is 0 Å². The summed E-state index contributed by atoms with van der Waals surface area (Å²) in [5.41, 5.74) is 5.54. The Bertz CT molecular complexity index is 655. The minimum Gasteiger partial charge on any atom is -0.383 e. The molecular weight excluding hydrogens is 338 g/mol. The van der Waals surface area contributed by atoms with E-state index in [1.165, 1.54) is 29.7 Å². The van der Waals surface area contributed by atoms with Gasteiger partial charge in [-0.05, 0) is 40.2 Å². The van der Waals surface area contributed by atoms with Crippen LogP contribution in [0.5, 0.6) is 0 Å². The van der Waals surface area contributed by atoms with Gasteiger partial charge in [-0.2, -0.15) is 0 Å². The van der Waals surface area contributed by atoms with Crippen molar-refractivity contribution in [2.24, 2.45) is 0 Å². The van der Waals surface area contributed by atoms with E-state index in [0.29, 0.717) is 0 Å². The number of thiophene rings is 1. The molecule has 0 fully saturated rings. The van der Waals surface area contributed by atoms with Crippen LogP contribution in [0.4, 0.5) is 5.82 Å². The molecule has 5 nitrogen and oxygen atoms in total. The highest BCUT2D eigenvalue weighted by Crippen LogP contribution is 2.22. The van der Waals surface area contributed by atoms with Gasteiger partial charge in [-0.1, -0.05) is 0 Å². The molecule has 0 aliphatic heterocycles. The number of nitrogen functional groups attached to an aromatic ring is 1. The third-order valence-corrected chi connectivity index (χ3v) is 5.23. The van der Waals surface area contributed by atoms with Crippen LogP contribution >= 0.6 is 27.3 Å². The summed E-state index contributed by atoms with van der Waals surface area (Å²) >= 11 is 4.79. The van der Waals surface area contributed by atoms with Gasteiger partial charge in [0.1, 0.15) is 10.7 Å². The van der Waals surface area contributed by atoms with Gasteiger partial charge in [-0.15, -0.1) is 11.3 Å². The van der Waals surface area contributed by atoms with E-state index in [-0.39, 0.29) is 17.3 Å². The maximum Gasteiger partial charge on any atom is 0.244 e. The Morgan fingerprint density at radius 3 is 2.78 bits per heavy atom. The third kappa shape index (κ3) is 3.08. The zero-order valence-electron chi connectivity index (χ0n) is 9.13. The van der Waals surface area contributed by atoms with Crippen molar-refractivity contribution in [3.05, 3.63) is 39.1 Å². The molecule has 0 amide bonds. The summed E-state index contributed by atoms with van der Waals surface area (Å²) in [6.07, 6.45) is 1.45. The summed E-state index contributed by atoms with van der Waals surface area (Å²) < 4.78 is 27.4. The molecule has 0 unspecified atom stereocenters. The number of pyridine rings is 1. The molecule has 8 heteroatoms. The van der Waals surface area contributed by atoms with Crippen LogP contribution in [-0.2, 0) is 16.6 Å². The van der Waals surface area contributed by atoms with Crippen molar-refractivity contribution in [2.45, 2.75) is 11.4 Å². The molecule has 0 saturated carbocycles. The van der Waals surface area contributed by atoms with Crippen LogP contribution in [-0.4, -0.2) is 13.4 Å². The van der Waals surface area contributed by atoms with E-state index in [9.17, 15) is 8.42 Å². The number of hydrogen-bond acceptors (Lipinski definition) is 5. The molecular formula is C10H10BrN3O2S2. The Labute approximate surface area is 117 Å². The van der Waals surface area contributed by atoms with Gasteiger partial charge < -0.3 is 5.73 Å². The van der Waals surface area contributed by atoms with Crippen LogP contribution in [0.1, 0.15) is 4.88 Å². The lowest BCUT2D eigenvalue weighted by atomic mass is 10.5. The number of hydrogen-bond donors (Lipinski definition) is 2. The van der Waals surface area contributed by atoms with Gasteiger partial charge in [0.2, 0.25) is 10.0 Å². The van der Waals surface area contributed by atoms with Gasteiger partial charge >= 0.3 is 0 Å². The first-order valence-corrected chi connectivity index (χ1v) is 8.03. The SMILES string of the molecule is Nc1ncccc1S(=O)(=O)NCc1ccc(Br)s1. The Morgan fingerprint density at radius 1 is 1.39 bits per heavy atom. The van der Waals surface area contributed by atoms with Gasteiger partial charge in [0, 0.05) is 17.6 Å². The maximum absolute atomic E-state index is 12.0. The van der Waals surface area contributed by atoms with Crippen LogP contribution in [0, 0.1) is 0 Å².